The van der Waals surface area contributed by atoms with E-state index in [-0.39, 0.29) is 12.5 Å². The van der Waals surface area contributed by atoms with E-state index in [2.05, 4.69) is 10.2 Å². The van der Waals surface area contributed by atoms with Gasteiger partial charge in [-0.2, -0.15) is 5.10 Å². The predicted molar refractivity (Wildman–Crippen MR) is 121 cm³/mol. The molecule has 1 fully saturated rings. The number of amidine groups is 1. The first-order chi connectivity index (χ1) is 14.1. The van der Waals surface area contributed by atoms with Crippen molar-refractivity contribution in [2.75, 3.05) is 0 Å². The Morgan fingerprint density at radius 3 is 2.79 bits per heavy atom. The van der Waals surface area contributed by atoms with Crippen molar-refractivity contribution in [3.8, 4) is 0 Å². The largest absolute Gasteiger partial charge is 0.467 e. The van der Waals surface area contributed by atoms with Crippen LogP contribution in [0.15, 0.2) is 73.6 Å². The van der Waals surface area contributed by atoms with Crippen molar-refractivity contribution in [2.24, 2.45) is 10.2 Å². The van der Waals surface area contributed by atoms with Gasteiger partial charge in [0.25, 0.3) is 5.91 Å². The second-order valence-corrected chi connectivity index (χ2v) is 8.64. The number of thiophene rings is 1. The van der Waals surface area contributed by atoms with Crippen molar-refractivity contribution < 1.29 is 9.21 Å². The average Bonchev–Trinajstić information content (AvgIpc) is 3.46. The summed E-state index contributed by atoms with van der Waals surface area (Å²) in [5.74, 6) is 0.448. The molecular weight excluding hydrogens is 449 g/mol. The molecule has 1 aliphatic rings. The van der Waals surface area contributed by atoms with Crippen LogP contribution in [0, 0.1) is 0 Å². The molecule has 29 heavy (non-hydrogen) atoms. The Bertz CT molecular complexity index is 1110. The van der Waals surface area contributed by atoms with Gasteiger partial charge >= 0.3 is 0 Å². The fourth-order valence-electron chi connectivity index (χ4n) is 2.55. The molecule has 0 N–H and O–H groups in total. The van der Waals surface area contributed by atoms with Gasteiger partial charge in [-0.25, -0.2) is 0 Å². The van der Waals surface area contributed by atoms with E-state index in [1.165, 1.54) is 16.7 Å². The molecular formula is C20H13Cl2N3O2S2. The maximum atomic E-state index is 13.0. The fourth-order valence-corrected chi connectivity index (χ4v) is 4.42. The van der Waals surface area contributed by atoms with Gasteiger partial charge in [0.15, 0.2) is 5.17 Å². The first-order valence-corrected chi connectivity index (χ1v) is 10.9. The number of hydrogen-bond acceptors (Lipinski definition) is 6. The lowest BCUT2D eigenvalue weighted by molar-refractivity contribution is -0.122. The Morgan fingerprint density at radius 1 is 1.14 bits per heavy atom. The Kier molecular flexibility index (Phi) is 6.20. The summed E-state index contributed by atoms with van der Waals surface area (Å²) in [5.41, 5.74) is 0.663. The topological polar surface area (TPSA) is 58.2 Å². The predicted octanol–water partition coefficient (Wildman–Crippen LogP) is 6.15. The lowest BCUT2D eigenvalue weighted by Crippen LogP contribution is -2.28. The smallest absolute Gasteiger partial charge is 0.267 e. The zero-order chi connectivity index (χ0) is 20.2. The lowest BCUT2D eigenvalue weighted by atomic mass is 10.2. The molecule has 9 heteroatoms. The molecule has 0 atom stereocenters. The number of carbonyl (C=O) groups excluding carboxylic acids is 1. The van der Waals surface area contributed by atoms with Crippen molar-refractivity contribution in [2.45, 2.75) is 6.54 Å². The monoisotopic (exact) mass is 461 g/mol. The summed E-state index contributed by atoms with van der Waals surface area (Å²) in [6.07, 6.45) is 4.93. The summed E-state index contributed by atoms with van der Waals surface area (Å²) >= 11 is 15.1. The van der Waals surface area contributed by atoms with E-state index < -0.39 is 0 Å². The van der Waals surface area contributed by atoms with Gasteiger partial charge in [0.1, 0.15) is 5.76 Å². The zero-order valence-electron chi connectivity index (χ0n) is 14.8. The van der Waals surface area contributed by atoms with Crippen molar-refractivity contribution >= 4 is 69.7 Å². The van der Waals surface area contributed by atoms with Crippen LogP contribution in [-0.2, 0) is 11.3 Å². The number of amides is 1. The van der Waals surface area contributed by atoms with Crippen LogP contribution in [0.4, 0.5) is 0 Å². The molecule has 1 saturated heterocycles. The molecule has 4 rings (SSSR count). The molecule has 0 unspecified atom stereocenters. The molecule has 0 radical (unpaired) electrons. The number of hydrogen-bond donors (Lipinski definition) is 0. The summed E-state index contributed by atoms with van der Waals surface area (Å²) in [5, 5.41) is 11.6. The van der Waals surface area contributed by atoms with Gasteiger partial charge in [-0.05, 0) is 53.0 Å². The second-order valence-electron chi connectivity index (χ2n) is 5.87. The van der Waals surface area contributed by atoms with Crippen LogP contribution >= 0.6 is 46.3 Å². The number of rotatable bonds is 5. The molecule has 0 spiro atoms. The average molecular weight is 462 g/mol. The van der Waals surface area contributed by atoms with Crippen LogP contribution in [0.1, 0.15) is 16.2 Å². The van der Waals surface area contributed by atoms with Gasteiger partial charge in [-0.15, -0.1) is 16.4 Å². The number of furan rings is 1. The van der Waals surface area contributed by atoms with Crippen molar-refractivity contribution in [3.05, 3.63) is 85.3 Å². The molecule has 0 bridgehead atoms. The first-order valence-electron chi connectivity index (χ1n) is 8.44. The third kappa shape index (κ3) is 4.64. The normalized spacial score (nSPS) is 17.3. The fraction of sp³-hybridized carbons (Fsp3) is 0.0500. The summed E-state index contributed by atoms with van der Waals surface area (Å²) in [6, 6.07) is 12.7. The van der Waals surface area contributed by atoms with E-state index in [0.717, 1.165) is 4.88 Å². The lowest BCUT2D eigenvalue weighted by Gasteiger charge is -2.12. The van der Waals surface area contributed by atoms with Gasteiger partial charge in [0.05, 0.1) is 34.0 Å². The minimum atomic E-state index is -0.201. The zero-order valence-corrected chi connectivity index (χ0v) is 17.9. The Balaban J connectivity index is 1.65. The van der Waals surface area contributed by atoms with Crippen LogP contribution in [0.5, 0.6) is 0 Å². The molecule has 1 aliphatic heterocycles. The van der Waals surface area contributed by atoms with Gasteiger partial charge in [-0.3, -0.25) is 9.69 Å². The van der Waals surface area contributed by atoms with E-state index in [4.69, 9.17) is 27.6 Å². The van der Waals surface area contributed by atoms with E-state index in [1.807, 2.05) is 17.5 Å². The van der Waals surface area contributed by atoms with Crippen LogP contribution in [0.25, 0.3) is 6.08 Å². The van der Waals surface area contributed by atoms with Crippen molar-refractivity contribution in [1.82, 2.24) is 4.90 Å². The highest BCUT2D eigenvalue weighted by Crippen LogP contribution is 2.36. The highest BCUT2D eigenvalue weighted by molar-refractivity contribution is 8.18. The molecule has 0 saturated carbocycles. The second kappa shape index (κ2) is 9.00. The summed E-state index contributed by atoms with van der Waals surface area (Å²) in [7, 11) is 0. The summed E-state index contributed by atoms with van der Waals surface area (Å²) in [6.45, 7) is 0.257. The van der Waals surface area contributed by atoms with Crippen LogP contribution in [-0.4, -0.2) is 22.2 Å². The van der Waals surface area contributed by atoms with E-state index in [1.54, 1.807) is 60.2 Å². The quantitative estimate of drug-likeness (QED) is 0.259. The molecule has 146 valence electrons. The maximum Gasteiger partial charge on any atom is 0.267 e. The van der Waals surface area contributed by atoms with Crippen molar-refractivity contribution in [3.63, 3.8) is 0 Å². The summed E-state index contributed by atoms with van der Waals surface area (Å²) < 4.78 is 5.39. The van der Waals surface area contributed by atoms with Gasteiger partial charge in [-0.1, -0.05) is 41.4 Å². The summed E-state index contributed by atoms with van der Waals surface area (Å²) in [4.78, 5) is 16.0. The maximum absolute atomic E-state index is 13.0. The number of halogens is 2. The first kappa shape index (κ1) is 20.0. The highest BCUT2D eigenvalue weighted by Gasteiger charge is 2.34. The SMILES string of the molecule is O=C1/C(=C/c2cccc(Cl)c2Cl)S/C(=N/N=C\c2cccs2)N1Cc1ccco1. The van der Waals surface area contributed by atoms with Gasteiger partial charge < -0.3 is 4.42 Å². The number of carbonyl (C=O) groups is 1. The molecule has 1 amide bonds. The van der Waals surface area contributed by atoms with Crippen LogP contribution in [0.3, 0.4) is 0 Å². The third-order valence-corrected chi connectivity index (χ3v) is 6.56. The molecule has 3 aromatic rings. The molecule has 5 nitrogen and oxygen atoms in total. The van der Waals surface area contributed by atoms with Crippen molar-refractivity contribution in [1.29, 1.82) is 0 Å². The highest BCUT2D eigenvalue weighted by atomic mass is 35.5. The Morgan fingerprint density at radius 2 is 2.03 bits per heavy atom. The molecule has 3 heterocycles. The number of thioether (sulfide) groups is 1. The van der Waals surface area contributed by atoms with E-state index >= 15 is 0 Å². The Hall–Kier alpha value is -2.32. The van der Waals surface area contributed by atoms with Crippen LogP contribution < -0.4 is 0 Å². The molecule has 0 aliphatic carbocycles. The number of benzene rings is 1. The van der Waals surface area contributed by atoms with Gasteiger partial charge in [0.2, 0.25) is 0 Å². The van der Waals surface area contributed by atoms with E-state index in [9.17, 15) is 4.79 Å². The number of nitrogens with zero attached hydrogens (tertiary/aromatic N) is 3. The minimum absolute atomic E-state index is 0.201. The van der Waals surface area contributed by atoms with Crippen LogP contribution in [0.2, 0.25) is 10.0 Å². The minimum Gasteiger partial charge on any atom is -0.467 e. The Labute approximate surface area is 185 Å². The standard InChI is InChI=1S/C20H13Cl2N3O2S2/c21-16-7-1-4-13(18(16)22)10-17-19(26)25(12-14-5-2-8-27-14)20(29-17)24-23-11-15-6-3-9-28-15/h1-11H,12H2/b17-10-,23-11-,24-20+. The molecule has 1 aromatic carbocycles. The molecule has 2 aromatic heterocycles. The van der Waals surface area contributed by atoms with E-state index in [0.29, 0.717) is 31.4 Å². The third-order valence-electron chi connectivity index (χ3n) is 3.92. The van der Waals surface area contributed by atoms with Gasteiger partial charge in [0, 0.05) is 4.88 Å².